The second-order valence-electron chi connectivity index (χ2n) is 3.12. The van der Waals surface area contributed by atoms with Gasteiger partial charge in [-0.25, -0.2) is 4.98 Å². The highest BCUT2D eigenvalue weighted by Gasteiger charge is 2.18. The number of tetrazole rings is 1. The maximum Gasteiger partial charge on any atom is 0.316 e. The van der Waals surface area contributed by atoms with Crippen molar-refractivity contribution in [2.45, 2.75) is 0 Å². The molecule has 0 fully saturated rings. The van der Waals surface area contributed by atoms with Gasteiger partial charge in [0.2, 0.25) is 0 Å². The van der Waals surface area contributed by atoms with Crippen molar-refractivity contribution in [2.75, 3.05) is 0 Å². The molecule has 3 heterocycles. The third-order valence-corrected chi connectivity index (χ3v) is 2.21. The first kappa shape index (κ1) is 8.65. The minimum atomic E-state index is -0.516. The number of rotatable bonds is 1. The van der Waals surface area contributed by atoms with Crippen molar-refractivity contribution in [3.05, 3.63) is 34.5 Å². The Kier molecular flexibility index (Phi) is 1.58. The molecule has 3 aromatic rings. The normalized spacial score (nSPS) is 11.0. The summed E-state index contributed by atoms with van der Waals surface area (Å²) in [6.07, 6.45) is 1.58. The largest absolute Gasteiger partial charge is 0.316 e. The van der Waals surface area contributed by atoms with E-state index in [1.165, 1.54) is 10.6 Å². The zero-order valence-electron chi connectivity index (χ0n) is 7.81. The Morgan fingerprint density at radius 1 is 1.38 bits per heavy atom. The first-order valence-electron chi connectivity index (χ1n) is 4.37. The first-order valence-corrected chi connectivity index (χ1v) is 4.37. The van der Waals surface area contributed by atoms with Crippen LogP contribution in [0.15, 0.2) is 24.4 Å². The van der Waals surface area contributed by atoms with Crippen LogP contribution in [0.5, 0.6) is 0 Å². The van der Waals surface area contributed by atoms with Gasteiger partial charge in [0.1, 0.15) is 0 Å². The second-order valence-corrected chi connectivity index (χ2v) is 3.12. The van der Waals surface area contributed by atoms with Crippen molar-refractivity contribution < 1.29 is 4.92 Å². The van der Waals surface area contributed by atoms with E-state index in [-0.39, 0.29) is 11.3 Å². The summed E-state index contributed by atoms with van der Waals surface area (Å²) < 4.78 is 1.26. The van der Waals surface area contributed by atoms with E-state index in [9.17, 15) is 10.1 Å². The Labute approximate surface area is 87.7 Å². The summed E-state index contributed by atoms with van der Waals surface area (Å²) in [5.41, 5.74) is 0.454. The highest BCUT2D eigenvalue weighted by atomic mass is 16.6. The Morgan fingerprint density at radius 2 is 2.25 bits per heavy atom. The lowest BCUT2D eigenvalue weighted by Crippen LogP contribution is -1.98. The summed E-state index contributed by atoms with van der Waals surface area (Å²) in [5.74, 6) is 0. The zero-order valence-corrected chi connectivity index (χ0v) is 7.81. The van der Waals surface area contributed by atoms with E-state index in [1.54, 1.807) is 18.3 Å². The lowest BCUT2D eigenvalue weighted by molar-refractivity contribution is -0.383. The highest BCUT2D eigenvalue weighted by Crippen LogP contribution is 2.22. The molecule has 0 radical (unpaired) electrons. The molecule has 0 spiro atoms. The van der Waals surface area contributed by atoms with Crippen molar-refractivity contribution >= 4 is 22.4 Å². The Morgan fingerprint density at radius 3 is 3.06 bits per heavy atom. The fraction of sp³-hybridized carbons (Fsp3) is 0. The predicted octanol–water partition coefficient (Wildman–Crippen LogP) is 0.581. The molecule has 0 saturated carbocycles. The third kappa shape index (κ3) is 1.03. The molecule has 3 rings (SSSR count). The van der Waals surface area contributed by atoms with E-state index >= 15 is 0 Å². The van der Waals surface area contributed by atoms with Crippen molar-refractivity contribution in [3.63, 3.8) is 0 Å². The van der Waals surface area contributed by atoms with Gasteiger partial charge in [0.05, 0.1) is 4.92 Å². The average Bonchev–Trinajstić information content (AvgIpc) is 2.76. The van der Waals surface area contributed by atoms with Gasteiger partial charge in [0.15, 0.2) is 5.65 Å². The number of nitrogens with zero attached hydrogens (tertiary/aromatic N) is 6. The Hall–Kier alpha value is -2.64. The predicted molar refractivity (Wildman–Crippen MR) is 52.7 cm³/mol. The Balaban J connectivity index is 2.58. The van der Waals surface area contributed by atoms with Gasteiger partial charge in [-0.05, 0) is 22.6 Å². The van der Waals surface area contributed by atoms with E-state index in [0.717, 1.165) is 0 Å². The number of fused-ring (bicyclic) bond motifs is 3. The monoisotopic (exact) mass is 216 g/mol. The van der Waals surface area contributed by atoms with Crippen molar-refractivity contribution in [2.24, 2.45) is 0 Å². The lowest BCUT2D eigenvalue weighted by atomic mass is 10.2. The molecule has 0 atom stereocenters. The molecule has 0 aromatic carbocycles. The molecule has 0 unspecified atom stereocenters. The fourth-order valence-electron chi connectivity index (χ4n) is 1.53. The minimum Gasteiger partial charge on any atom is -0.258 e. The van der Waals surface area contributed by atoms with Crippen LogP contribution >= 0.6 is 0 Å². The molecule has 0 saturated heterocycles. The third-order valence-electron chi connectivity index (χ3n) is 2.21. The number of aromatic nitrogens is 5. The van der Waals surface area contributed by atoms with Crippen molar-refractivity contribution in [1.82, 2.24) is 25.0 Å². The van der Waals surface area contributed by atoms with Crippen LogP contribution in [-0.4, -0.2) is 29.9 Å². The molecule has 8 nitrogen and oxygen atoms in total. The van der Waals surface area contributed by atoms with Gasteiger partial charge in [0, 0.05) is 17.6 Å². The molecule has 16 heavy (non-hydrogen) atoms. The van der Waals surface area contributed by atoms with Crippen LogP contribution < -0.4 is 0 Å². The van der Waals surface area contributed by atoms with Crippen LogP contribution in [-0.2, 0) is 0 Å². The molecule has 8 heteroatoms. The van der Waals surface area contributed by atoms with Crippen molar-refractivity contribution in [1.29, 1.82) is 0 Å². The summed E-state index contributed by atoms with van der Waals surface area (Å²) in [6.45, 7) is 0. The number of pyridine rings is 2. The lowest BCUT2D eigenvalue weighted by Gasteiger charge is -1.98. The quantitative estimate of drug-likeness (QED) is 0.435. The topological polar surface area (TPSA) is 99.1 Å². The second kappa shape index (κ2) is 2.92. The fourth-order valence-corrected chi connectivity index (χ4v) is 1.53. The smallest absolute Gasteiger partial charge is 0.258 e. The minimum absolute atomic E-state index is 0.0937. The number of hydrogen-bond donors (Lipinski definition) is 0. The zero-order chi connectivity index (χ0) is 11.1. The van der Waals surface area contributed by atoms with Gasteiger partial charge in [-0.1, -0.05) is 0 Å². The summed E-state index contributed by atoms with van der Waals surface area (Å²) in [5, 5.41) is 22.2. The average molecular weight is 216 g/mol. The van der Waals surface area contributed by atoms with Crippen LogP contribution in [0.2, 0.25) is 0 Å². The molecule has 0 N–H and O–H groups in total. The first-order chi connectivity index (χ1) is 7.77. The van der Waals surface area contributed by atoms with Gasteiger partial charge in [-0.2, -0.15) is 4.52 Å². The summed E-state index contributed by atoms with van der Waals surface area (Å²) in [4.78, 5) is 14.4. The van der Waals surface area contributed by atoms with Gasteiger partial charge in [-0.3, -0.25) is 10.1 Å². The molecular weight excluding hydrogens is 212 g/mol. The van der Waals surface area contributed by atoms with Crippen LogP contribution in [0.1, 0.15) is 0 Å². The molecule has 0 amide bonds. The van der Waals surface area contributed by atoms with Gasteiger partial charge in [-0.15, -0.1) is 5.10 Å². The number of hydrogen-bond acceptors (Lipinski definition) is 6. The molecule has 3 aromatic heterocycles. The maximum absolute atomic E-state index is 10.8. The molecule has 0 bridgehead atoms. The molecule has 78 valence electrons. The molecule has 0 aliphatic rings. The van der Waals surface area contributed by atoms with E-state index in [0.29, 0.717) is 11.0 Å². The summed E-state index contributed by atoms with van der Waals surface area (Å²) >= 11 is 0. The molecular formula is C8H4N6O2. The van der Waals surface area contributed by atoms with Crippen LogP contribution in [0.4, 0.5) is 5.69 Å². The SMILES string of the molecule is O=[N+]([O-])c1cc2cccnc2n2nnnc12. The van der Waals surface area contributed by atoms with E-state index < -0.39 is 4.92 Å². The maximum atomic E-state index is 10.8. The van der Waals surface area contributed by atoms with Gasteiger partial charge in [0.25, 0.3) is 5.65 Å². The standard InChI is InChI=1S/C8H4N6O2/c15-14(16)6-4-5-2-1-3-9-7(5)13-8(6)10-11-12-13/h1-4H. The summed E-state index contributed by atoms with van der Waals surface area (Å²) in [6, 6.07) is 4.83. The van der Waals surface area contributed by atoms with Crippen molar-refractivity contribution in [3.8, 4) is 0 Å². The van der Waals surface area contributed by atoms with E-state index in [1.807, 2.05) is 0 Å². The van der Waals surface area contributed by atoms with Gasteiger partial charge < -0.3 is 0 Å². The van der Waals surface area contributed by atoms with Gasteiger partial charge >= 0.3 is 5.69 Å². The van der Waals surface area contributed by atoms with E-state index in [2.05, 4.69) is 20.5 Å². The van der Waals surface area contributed by atoms with Crippen LogP contribution in [0, 0.1) is 10.1 Å². The molecule has 0 aliphatic carbocycles. The Bertz CT molecular complexity index is 706. The highest BCUT2D eigenvalue weighted by molar-refractivity contribution is 5.82. The number of nitro groups is 1. The van der Waals surface area contributed by atoms with Crippen LogP contribution in [0.3, 0.4) is 0 Å². The molecule has 0 aliphatic heterocycles. The van der Waals surface area contributed by atoms with E-state index in [4.69, 9.17) is 0 Å². The summed E-state index contributed by atoms with van der Waals surface area (Å²) in [7, 11) is 0. The van der Waals surface area contributed by atoms with Crippen LogP contribution in [0.25, 0.3) is 16.7 Å².